The highest BCUT2D eigenvalue weighted by Gasteiger charge is 2.50. The van der Waals surface area contributed by atoms with Crippen LogP contribution in [0.2, 0.25) is 0 Å². The molecule has 0 aliphatic heterocycles. The second kappa shape index (κ2) is 5.81. The van der Waals surface area contributed by atoms with Crippen LogP contribution in [0.3, 0.4) is 0 Å². The summed E-state index contributed by atoms with van der Waals surface area (Å²) < 4.78 is 18.8. The second-order valence-electron chi connectivity index (χ2n) is 7.91. The van der Waals surface area contributed by atoms with Crippen molar-refractivity contribution in [1.29, 1.82) is 0 Å². The van der Waals surface area contributed by atoms with Gasteiger partial charge in [-0.15, -0.1) is 0 Å². The summed E-state index contributed by atoms with van der Waals surface area (Å²) >= 11 is 0. The monoisotopic (exact) mass is 317 g/mol. The third-order valence-electron chi connectivity index (χ3n) is 6.02. The predicted octanol–water partition coefficient (Wildman–Crippen LogP) is 3.54. The van der Waals surface area contributed by atoms with Crippen LogP contribution < -0.4 is 10.1 Å². The second-order valence-corrected chi connectivity index (χ2v) is 7.91. The topological polar surface area (TPSA) is 38.3 Å². The van der Waals surface area contributed by atoms with Crippen molar-refractivity contribution < 1.29 is 13.9 Å². The van der Waals surface area contributed by atoms with E-state index in [1.54, 1.807) is 18.2 Å². The predicted molar refractivity (Wildman–Crippen MR) is 85.5 cm³/mol. The minimum absolute atomic E-state index is 0.118. The number of carbonyl (C=O) groups is 1. The van der Waals surface area contributed by atoms with Crippen molar-refractivity contribution in [2.24, 2.45) is 23.2 Å². The Kier molecular flexibility index (Phi) is 3.78. The zero-order valence-electron chi connectivity index (χ0n) is 13.4. The van der Waals surface area contributed by atoms with Crippen LogP contribution in [0.1, 0.15) is 38.5 Å². The summed E-state index contributed by atoms with van der Waals surface area (Å²) in [4.78, 5) is 12.1. The number of benzene rings is 1. The highest BCUT2D eigenvalue weighted by Crippen LogP contribution is 2.59. The molecule has 4 bridgehead atoms. The van der Waals surface area contributed by atoms with E-state index >= 15 is 0 Å². The Morgan fingerprint density at radius 1 is 1.13 bits per heavy atom. The molecule has 1 N–H and O–H groups in total. The molecule has 3 nitrogen and oxygen atoms in total. The van der Waals surface area contributed by atoms with Crippen LogP contribution in [-0.4, -0.2) is 19.1 Å². The van der Waals surface area contributed by atoms with Crippen molar-refractivity contribution in [2.45, 2.75) is 38.5 Å². The molecule has 0 radical (unpaired) electrons. The number of ether oxygens (including phenoxy) is 1. The van der Waals surface area contributed by atoms with E-state index in [1.807, 2.05) is 0 Å². The summed E-state index contributed by atoms with van der Waals surface area (Å²) in [6, 6.07) is 6.19. The van der Waals surface area contributed by atoms with Gasteiger partial charge >= 0.3 is 0 Å². The Bertz CT molecular complexity index is 566. The van der Waals surface area contributed by atoms with Crippen LogP contribution in [0.5, 0.6) is 5.75 Å². The summed E-state index contributed by atoms with van der Waals surface area (Å²) in [5.41, 5.74) is 0.322. The molecule has 1 aromatic carbocycles. The standard InChI is InChI=1S/C19H24FNO2/c20-16-3-1-2-4-17(16)23-11-18(22)21-12-19-8-13-5-14(9-19)7-15(6-13)10-19/h1-4,13-15H,5-12H2,(H,21,22). The van der Waals surface area contributed by atoms with Crippen molar-refractivity contribution in [1.82, 2.24) is 5.32 Å². The number of carbonyl (C=O) groups excluding carboxylic acids is 1. The summed E-state index contributed by atoms with van der Waals surface area (Å²) in [7, 11) is 0. The third-order valence-corrected chi connectivity index (χ3v) is 6.02. The maximum atomic E-state index is 13.5. The molecule has 5 rings (SSSR count). The fraction of sp³-hybridized carbons (Fsp3) is 0.632. The van der Waals surface area contributed by atoms with E-state index in [9.17, 15) is 9.18 Å². The molecule has 0 saturated heterocycles. The number of hydrogen-bond acceptors (Lipinski definition) is 2. The first-order chi connectivity index (χ1) is 11.1. The molecule has 0 unspecified atom stereocenters. The molecule has 4 aliphatic rings. The van der Waals surface area contributed by atoms with Crippen LogP contribution in [0.15, 0.2) is 24.3 Å². The fourth-order valence-corrected chi connectivity index (χ4v) is 5.55. The molecular weight excluding hydrogens is 293 g/mol. The SMILES string of the molecule is O=C(COc1ccccc1F)NCC12CC3CC(CC(C3)C1)C2. The Labute approximate surface area is 136 Å². The zero-order valence-corrected chi connectivity index (χ0v) is 13.4. The Morgan fingerprint density at radius 3 is 2.35 bits per heavy atom. The number of rotatable bonds is 5. The van der Waals surface area contributed by atoms with Gasteiger partial charge in [0.05, 0.1) is 0 Å². The molecule has 0 atom stereocenters. The van der Waals surface area contributed by atoms with Crippen molar-refractivity contribution >= 4 is 5.91 Å². The van der Waals surface area contributed by atoms with Gasteiger partial charge in [0.2, 0.25) is 0 Å². The van der Waals surface area contributed by atoms with E-state index in [0.717, 1.165) is 24.3 Å². The highest BCUT2D eigenvalue weighted by molar-refractivity contribution is 5.77. The molecule has 23 heavy (non-hydrogen) atoms. The molecule has 0 aromatic heterocycles. The van der Waals surface area contributed by atoms with Gasteiger partial charge in [0.1, 0.15) is 0 Å². The van der Waals surface area contributed by atoms with Gasteiger partial charge in [-0.3, -0.25) is 4.79 Å². The Hall–Kier alpha value is -1.58. The maximum Gasteiger partial charge on any atom is 0.257 e. The van der Waals surface area contributed by atoms with E-state index in [4.69, 9.17) is 4.74 Å². The molecule has 4 heteroatoms. The van der Waals surface area contributed by atoms with Gasteiger partial charge in [-0.2, -0.15) is 0 Å². The van der Waals surface area contributed by atoms with Crippen LogP contribution >= 0.6 is 0 Å². The first kappa shape index (κ1) is 15.0. The molecular formula is C19H24FNO2. The Morgan fingerprint density at radius 2 is 1.74 bits per heavy atom. The molecule has 1 aromatic rings. The molecule has 1 amide bonds. The lowest BCUT2D eigenvalue weighted by Gasteiger charge is -2.56. The van der Waals surface area contributed by atoms with Crippen LogP contribution in [0.4, 0.5) is 4.39 Å². The van der Waals surface area contributed by atoms with Crippen molar-refractivity contribution in [3.05, 3.63) is 30.1 Å². The summed E-state index contributed by atoms with van der Waals surface area (Å²) in [5.74, 6) is 2.20. The average Bonchev–Trinajstić information content (AvgIpc) is 2.51. The van der Waals surface area contributed by atoms with Crippen molar-refractivity contribution in [3.63, 3.8) is 0 Å². The van der Waals surface area contributed by atoms with E-state index in [2.05, 4.69) is 5.32 Å². The van der Waals surface area contributed by atoms with Gasteiger partial charge in [0.25, 0.3) is 5.91 Å². The molecule has 124 valence electrons. The largest absolute Gasteiger partial charge is 0.481 e. The van der Waals surface area contributed by atoms with Gasteiger partial charge in [-0.05, 0) is 73.8 Å². The minimum atomic E-state index is -0.429. The number of halogens is 1. The fourth-order valence-electron chi connectivity index (χ4n) is 5.55. The van der Waals surface area contributed by atoms with E-state index in [1.165, 1.54) is 44.6 Å². The highest BCUT2D eigenvalue weighted by atomic mass is 19.1. The van der Waals surface area contributed by atoms with Gasteiger partial charge < -0.3 is 10.1 Å². The molecule has 4 saturated carbocycles. The summed E-state index contributed by atoms with van der Waals surface area (Å²) in [6.07, 6.45) is 8.03. The van der Waals surface area contributed by atoms with Crippen LogP contribution in [0.25, 0.3) is 0 Å². The van der Waals surface area contributed by atoms with Crippen LogP contribution in [0, 0.1) is 29.0 Å². The molecule has 0 heterocycles. The number of amides is 1. The number of para-hydroxylation sites is 1. The number of nitrogens with one attached hydrogen (secondary N) is 1. The molecule has 4 fully saturated rings. The van der Waals surface area contributed by atoms with Gasteiger partial charge in [-0.25, -0.2) is 4.39 Å². The number of hydrogen-bond donors (Lipinski definition) is 1. The first-order valence-corrected chi connectivity index (χ1v) is 8.76. The maximum absolute atomic E-state index is 13.5. The van der Waals surface area contributed by atoms with Gasteiger partial charge in [0, 0.05) is 6.54 Å². The van der Waals surface area contributed by atoms with Crippen molar-refractivity contribution in [3.8, 4) is 5.75 Å². The van der Waals surface area contributed by atoms with Gasteiger partial charge in [-0.1, -0.05) is 12.1 Å². The lowest BCUT2D eigenvalue weighted by Crippen LogP contribution is -2.51. The third kappa shape index (κ3) is 3.08. The lowest BCUT2D eigenvalue weighted by atomic mass is 9.49. The van der Waals surface area contributed by atoms with Crippen LogP contribution in [-0.2, 0) is 4.79 Å². The summed E-state index contributed by atoms with van der Waals surface area (Å²) in [5, 5.41) is 3.04. The molecule has 4 aliphatic carbocycles. The first-order valence-electron chi connectivity index (χ1n) is 8.76. The zero-order chi connectivity index (χ0) is 15.9. The lowest BCUT2D eigenvalue weighted by molar-refractivity contribution is -0.125. The van der Waals surface area contributed by atoms with E-state index in [-0.39, 0.29) is 18.3 Å². The van der Waals surface area contributed by atoms with Crippen molar-refractivity contribution in [2.75, 3.05) is 13.2 Å². The quantitative estimate of drug-likeness (QED) is 0.902. The summed E-state index contributed by atoms with van der Waals surface area (Å²) in [6.45, 7) is 0.642. The Balaban J connectivity index is 1.29. The van der Waals surface area contributed by atoms with Gasteiger partial charge in [0.15, 0.2) is 18.2 Å². The average molecular weight is 317 g/mol. The minimum Gasteiger partial charge on any atom is -0.481 e. The molecule has 0 spiro atoms. The normalized spacial score (nSPS) is 34.4. The van der Waals surface area contributed by atoms with E-state index in [0.29, 0.717) is 5.41 Å². The smallest absolute Gasteiger partial charge is 0.257 e. The van der Waals surface area contributed by atoms with E-state index < -0.39 is 5.82 Å².